The van der Waals surface area contributed by atoms with Gasteiger partial charge < -0.3 is 10.3 Å². The molecule has 0 aliphatic carbocycles. The molecule has 1 aromatic heterocycles. The Morgan fingerprint density at radius 1 is 1.47 bits per heavy atom. The Bertz CT molecular complexity index is 568. The monoisotopic (exact) mass is 284 g/mol. The van der Waals surface area contributed by atoms with E-state index in [1.165, 1.54) is 6.20 Å². The molecule has 2 fully saturated rings. The number of aromatic nitrogens is 2. The largest absolute Gasteiger partial charge is 0.332 e. The SMILES string of the molecule is CCc1ncc(S(=O)(=O)N2C(C)CC3CNCC32)[nH]1. The first-order chi connectivity index (χ1) is 9.04. The first-order valence-electron chi connectivity index (χ1n) is 6.82. The number of sulfonamides is 1. The van der Waals surface area contributed by atoms with E-state index in [9.17, 15) is 8.42 Å². The van der Waals surface area contributed by atoms with Crippen molar-refractivity contribution >= 4 is 10.0 Å². The molecule has 106 valence electrons. The predicted octanol–water partition coefficient (Wildman–Crippen LogP) is 0.343. The maximum atomic E-state index is 12.7. The van der Waals surface area contributed by atoms with E-state index in [2.05, 4.69) is 15.3 Å². The normalized spacial score (nSPS) is 31.8. The Hall–Kier alpha value is -0.920. The quantitative estimate of drug-likeness (QED) is 0.839. The van der Waals surface area contributed by atoms with Gasteiger partial charge in [-0.05, 0) is 25.8 Å². The number of nitrogens with one attached hydrogen (secondary N) is 2. The molecular formula is C12H20N4O2S. The van der Waals surface area contributed by atoms with Crippen molar-refractivity contribution < 1.29 is 8.42 Å². The Balaban J connectivity index is 1.95. The lowest BCUT2D eigenvalue weighted by Crippen LogP contribution is -2.42. The Morgan fingerprint density at radius 3 is 2.95 bits per heavy atom. The first-order valence-corrected chi connectivity index (χ1v) is 8.26. The molecule has 7 heteroatoms. The Labute approximate surface area is 113 Å². The average molecular weight is 284 g/mol. The topological polar surface area (TPSA) is 78.1 Å². The minimum Gasteiger partial charge on any atom is -0.332 e. The van der Waals surface area contributed by atoms with E-state index in [1.54, 1.807) is 4.31 Å². The smallest absolute Gasteiger partial charge is 0.260 e. The summed E-state index contributed by atoms with van der Waals surface area (Å²) in [6.07, 6.45) is 3.08. The van der Waals surface area contributed by atoms with Crippen molar-refractivity contribution in [1.29, 1.82) is 0 Å². The van der Waals surface area contributed by atoms with Gasteiger partial charge in [-0.25, -0.2) is 13.4 Å². The molecule has 0 bridgehead atoms. The number of aromatic amines is 1. The molecule has 0 radical (unpaired) electrons. The standard InChI is InChI=1S/C12H20N4O2S/c1-3-11-14-7-12(15-11)19(17,18)16-8(2)4-9-5-13-6-10(9)16/h7-10,13H,3-6H2,1-2H3,(H,14,15). The van der Waals surface area contributed by atoms with Gasteiger partial charge in [-0.1, -0.05) is 6.92 Å². The molecule has 3 unspecified atom stereocenters. The third kappa shape index (κ3) is 2.00. The lowest BCUT2D eigenvalue weighted by atomic mass is 10.0. The van der Waals surface area contributed by atoms with Crippen molar-refractivity contribution in [2.75, 3.05) is 13.1 Å². The fraction of sp³-hybridized carbons (Fsp3) is 0.750. The van der Waals surface area contributed by atoms with Gasteiger partial charge in [0.1, 0.15) is 5.82 Å². The van der Waals surface area contributed by atoms with Crippen molar-refractivity contribution in [3.8, 4) is 0 Å². The molecule has 6 nitrogen and oxygen atoms in total. The van der Waals surface area contributed by atoms with Crippen LogP contribution < -0.4 is 5.32 Å². The summed E-state index contributed by atoms with van der Waals surface area (Å²) in [5, 5.41) is 3.51. The highest BCUT2D eigenvalue weighted by Gasteiger charge is 2.48. The first kappa shape index (κ1) is 13.1. The van der Waals surface area contributed by atoms with Gasteiger partial charge in [-0.15, -0.1) is 0 Å². The van der Waals surface area contributed by atoms with Gasteiger partial charge in [-0.3, -0.25) is 0 Å². The van der Waals surface area contributed by atoms with Crippen LogP contribution in [0.1, 0.15) is 26.1 Å². The van der Waals surface area contributed by atoms with Gasteiger partial charge in [0.15, 0.2) is 5.03 Å². The van der Waals surface area contributed by atoms with Crippen LogP contribution in [0.2, 0.25) is 0 Å². The van der Waals surface area contributed by atoms with Crippen molar-refractivity contribution in [2.24, 2.45) is 5.92 Å². The summed E-state index contributed by atoms with van der Waals surface area (Å²) in [6.45, 7) is 5.62. The molecule has 0 saturated carbocycles. The maximum absolute atomic E-state index is 12.7. The molecule has 2 aliphatic rings. The van der Waals surface area contributed by atoms with E-state index in [0.717, 1.165) is 19.5 Å². The molecule has 3 rings (SSSR count). The molecule has 3 atom stereocenters. The minimum atomic E-state index is -3.46. The summed E-state index contributed by atoms with van der Waals surface area (Å²) < 4.78 is 27.2. The molecule has 2 saturated heterocycles. The average Bonchev–Trinajstić information content (AvgIpc) is 3.01. The number of aryl methyl sites for hydroxylation is 1. The molecule has 0 spiro atoms. The number of rotatable bonds is 3. The summed E-state index contributed by atoms with van der Waals surface area (Å²) in [6, 6.07) is 0.156. The van der Waals surface area contributed by atoms with E-state index in [4.69, 9.17) is 0 Å². The lowest BCUT2D eigenvalue weighted by molar-refractivity contribution is 0.334. The highest BCUT2D eigenvalue weighted by molar-refractivity contribution is 7.89. The van der Waals surface area contributed by atoms with Crippen LogP contribution in [0.3, 0.4) is 0 Å². The van der Waals surface area contributed by atoms with Gasteiger partial charge in [0.25, 0.3) is 10.0 Å². The molecule has 19 heavy (non-hydrogen) atoms. The summed E-state index contributed by atoms with van der Waals surface area (Å²) >= 11 is 0. The summed E-state index contributed by atoms with van der Waals surface area (Å²) in [5.41, 5.74) is 0. The molecule has 3 heterocycles. The van der Waals surface area contributed by atoms with Crippen LogP contribution in [0.15, 0.2) is 11.2 Å². The number of fused-ring (bicyclic) bond motifs is 1. The second kappa shape index (κ2) is 4.57. The third-order valence-electron chi connectivity index (χ3n) is 4.20. The summed E-state index contributed by atoms with van der Waals surface area (Å²) in [4.78, 5) is 7.03. The summed E-state index contributed by atoms with van der Waals surface area (Å²) in [5.74, 6) is 1.16. The highest BCUT2D eigenvalue weighted by Crippen LogP contribution is 2.36. The summed E-state index contributed by atoms with van der Waals surface area (Å²) in [7, 11) is -3.46. The second-order valence-corrected chi connectivity index (χ2v) is 7.26. The molecule has 2 aliphatic heterocycles. The Morgan fingerprint density at radius 2 is 2.26 bits per heavy atom. The van der Waals surface area contributed by atoms with Crippen LogP contribution in [-0.4, -0.2) is 47.9 Å². The van der Waals surface area contributed by atoms with Crippen LogP contribution in [0, 0.1) is 5.92 Å². The van der Waals surface area contributed by atoms with Gasteiger partial charge in [0.2, 0.25) is 0 Å². The zero-order chi connectivity index (χ0) is 13.6. The van der Waals surface area contributed by atoms with Crippen LogP contribution in [-0.2, 0) is 16.4 Å². The van der Waals surface area contributed by atoms with E-state index in [-0.39, 0.29) is 17.1 Å². The van der Waals surface area contributed by atoms with Gasteiger partial charge in [0, 0.05) is 25.0 Å². The van der Waals surface area contributed by atoms with E-state index in [1.807, 2.05) is 13.8 Å². The van der Waals surface area contributed by atoms with Crippen molar-refractivity contribution in [3.05, 3.63) is 12.0 Å². The maximum Gasteiger partial charge on any atom is 0.260 e. The van der Waals surface area contributed by atoms with Crippen molar-refractivity contribution in [3.63, 3.8) is 0 Å². The zero-order valence-electron chi connectivity index (χ0n) is 11.3. The van der Waals surface area contributed by atoms with Crippen molar-refractivity contribution in [1.82, 2.24) is 19.6 Å². The minimum absolute atomic E-state index is 0.0653. The van der Waals surface area contributed by atoms with E-state index >= 15 is 0 Å². The van der Waals surface area contributed by atoms with E-state index < -0.39 is 10.0 Å². The van der Waals surface area contributed by atoms with Crippen LogP contribution in [0.4, 0.5) is 0 Å². The van der Waals surface area contributed by atoms with Gasteiger partial charge >= 0.3 is 0 Å². The van der Waals surface area contributed by atoms with Gasteiger partial charge in [-0.2, -0.15) is 4.31 Å². The van der Waals surface area contributed by atoms with Crippen LogP contribution in [0.5, 0.6) is 0 Å². The molecule has 0 amide bonds. The Kier molecular flexibility index (Phi) is 3.15. The van der Waals surface area contributed by atoms with Crippen molar-refractivity contribution in [2.45, 2.75) is 43.8 Å². The third-order valence-corrected chi connectivity index (χ3v) is 6.15. The number of hydrogen-bond donors (Lipinski definition) is 2. The molecule has 2 N–H and O–H groups in total. The van der Waals surface area contributed by atoms with Gasteiger partial charge in [0.05, 0.1) is 6.20 Å². The highest BCUT2D eigenvalue weighted by atomic mass is 32.2. The van der Waals surface area contributed by atoms with Crippen LogP contribution in [0.25, 0.3) is 0 Å². The van der Waals surface area contributed by atoms with E-state index in [0.29, 0.717) is 18.2 Å². The fourth-order valence-corrected chi connectivity index (χ4v) is 5.13. The lowest BCUT2D eigenvalue weighted by Gasteiger charge is -2.25. The number of H-pyrrole nitrogens is 1. The van der Waals surface area contributed by atoms with Crippen LogP contribution >= 0.6 is 0 Å². The zero-order valence-corrected chi connectivity index (χ0v) is 12.1. The molecule has 1 aromatic rings. The number of hydrogen-bond acceptors (Lipinski definition) is 4. The molecule has 0 aromatic carbocycles. The fourth-order valence-electron chi connectivity index (χ4n) is 3.31. The number of imidazole rings is 1. The number of nitrogens with zero attached hydrogens (tertiary/aromatic N) is 2. The molecular weight excluding hydrogens is 264 g/mol. The second-order valence-electron chi connectivity index (χ2n) is 5.45. The predicted molar refractivity (Wildman–Crippen MR) is 71.2 cm³/mol.